The second-order valence-corrected chi connectivity index (χ2v) is 8.59. The molecule has 0 bridgehead atoms. The van der Waals surface area contributed by atoms with Gasteiger partial charge in [-0.2, -0.15) is 0 Å². The van der Waals surface area contributed by atoms with Crippen molar-refractivity contribution in [3.63, 3.8) is 0 Å². The molecule has 1 aromatic heterocycles. The molecule has 6 nitrogen and oxygen atoms in total. The zero-order valence-corrected chi connectivity index (χ0v) is 16.7. The molecule has 5 rings (SSSR count). The Hall–Kier alpha value is -2.34. The van der Waals surface area contributed by atoms with Gasteiger partial charge in [0.15, 0.2) is 0 Å². The van der Waals surface area contributed by atoms with Crippen LogP contribution < -0.4 is 4.90 Å². The number of hydrogen-bond donors (Lipinski definition) is 0. The maximum atomic E-state index is 13.2. The van der Waals surface area contributed by atoms with Crippen LogP contribution in [0.1, 0.15) is 37.1 Å². The largest absolute Gasteiger partial charge is 0.337 e. The van der Waals surface area contributed by atoms with Crippen molar-refractivity contribution in [3.8, 4) is 0 Å². The van der Waals surface area contributed by atoms with E-state index in [1.54, 1.807) is 0 Å². The van der Waals surface area contributed by atoms with Gasteiger partial charge in [0, 0.05) is 50.2 Å². The molecule has 1 aromatic carbocycles. The molecule has 4 heterocycles. The molecule has 2 saturated heterocycles. The second kappa shape index (κ2) is 6.92. The van der Waals surface area contributed by atoms with Crippen molar-refractivity contribution in [1.82, 2.24) is 19.4 Å². The number of benzene rings is 1. The van der Waals surface area contributed by atoms with E-state index in [0.717, 1.165) is 76.5 Å². The molecule has 28 heavy (non-hydrogen) atoms. The second-order valence-electron chi connectivity index (χ2n) is 8.59. The lowest BCUT2D eigenvalue weighted by Gasteiger charge is -2.40. The summed E-state index contributed by atoms with van der Waals surface area (Å²) in [6.45, 7) is 5.64. The van der Waals surface area contributed by atoms with Gasteiger partial charge < -0.3 is 9.47 Å². The number of hydrogen-bond acceptors (Lipinski definition) is 3. The summed E-state index contributed by atoms with van der Waals surface area (Å²) >= 11 is 0. The minimum Gasteiger partial charge on any atom is -0.337 e. The standard InChI is InChI=1S/C22H29N5O/c1-24-15-10-23-20(24)16-25-13-8-22(9-14-25)17-27(19-7-3-2-6-18(19)22)21(28)26-11-4-5-12-26/h2-3,6-7,10,15H,4-5,8-9,11-14,16-17H2,1H3. The summed E-state index contributed by atoms with van der Waals surface area (Å²) in [7, 11) is 2.06. The number of fused-ring (bicyclic) bond motifs is 2. The molecule has 0 unspecified atom stereocenters. The monoisotopic (exact) mass is 379 g/mol. The maximum absolute atomic E-state index is 13.2. The van der Waals surface area contributed by atoms with Crippen molar-refractivity contribution in [2.24, 2.45) is 7.05 Å². The number of carbonyl (C=O) groups excluding carboxylic acids is 1. The summed E-state index contributed by atoms with van der Waals surface area (Å²) in [6.07, 6.45) is 8.34. The number of imidazole rings is 1. The molecule has 0 N–H and O–H groups in total. The molecule has 0 radical (unpaired) electrons. The van der Waals surface area contributed by atoms with E-state index < -0.39 is 0 Å². The smallest absolute Gasteiger partial charge is 0.324 e. The number of nitrogens with zero attached hydrogens (tertiary/aromatic N) is 5. The molecule has 0 atom stereocenters. The van der Waals surface area contributed by atoms with Gasteiger partial charge in [0.2, 0.25) is 0 Å². The van der Waals surface area contributed by atoms with Crippen molar-refractivity contribution in [2.75, 3.05) is 37.6 Å². The van der Waals surface area contributed by atoms with Crippen LogP contribution in [-0.4, -0.2) is 58.1 Å². The number of likely N-dealkylation sites (tertiary alicyclic amines) is 2. The van der Waals surface area contributed by atoms with Gasteiger partial charge >= 0.3 is 6.03 Å². The molecule has 3 aliphatic rings. The van der Waals surface area contributed by atoms with Gasteiger partial charge in [-0.25, -0.2) is 9.78 Å². The predicted molar refractivity (Wildman–Crippen MR) is 109 cm³/mol. The third-order valence-electron chi connectivity index (χ3n) is 6.93. The fourth-order valence-electron chi connectivity index (χ4n) is 5.20. The molecule has 6 heteroatoms. The van der Waals surface area contributed by atoms with Gasteiger partial charge in [0.1, 0.15) is 5.82 Å². The fourth-order valence-corrected chi connectivity index (χ4v) is 5.20. The van der Waals surface area contributed by atoms with Gasteiger partial charge in [-0.1, -0.05) is 18.2 Å². The van der Waals surface area contributed by atoms with Crippen LogP contribution in [0.15, 0.2) is 36.7 Å². The number of aromatic nitrogens is 2. The number of anilines is 1. The molecule has 3 aliphatic heterocycles. The van der Waals surface area contributed by atoms with Crippen molar-refractivity contribution in [1.29, 1.82) is 0 Å². The lowest BCUT2D eigenvalue weighted by molar-refractivity contribution is 0.154. The highest BCUT2D eigenvalue weighted by atomic mass is 16.2. The Kier molecular flexibility index (Phi) is 4.38. The third-order valence-corrected chi connectivity index (χ3v) is 6.93. The highest BCUT2D eigenvalue weighted by molar-refractivity contribution is 5.95. The molecule has 148 valence electrons. The van der Waals surface area contributed by atoms with Crippen LogP contribution in [0, 0.1) is 0 Å². The highest BCUT2D eigenvalue weighted by Crippen LogP contribution is 2.47. The Labute approximate surface area is 166 Å². The van der Waals surface area contributed by atoms with Crippen LogP contribution >= 0.6 is 0 Å². The molecule has 1 spiro atoms. The van der Waals surface area contributed by atoms with Crippen molar-refractivity contribution in [3.05, 3.63) is 48.0 Å². The highest BCUT2D eigenvalue weighted by Gasteiger charge is 2.47. The number of aryl methyl sites for hydroxylation is 1. The average molecular weight is 380 g/mol. The summed E-state index contributed by atoms with van der Waals surface area (Å²) in [4.78, 5) is 24.3. The topological polar surface area (TPSA) is 44.6 Å². The maximum Gasteiger partial charge on any atom is 0.324 e. The van der Waals surface area contributed by atoms with Crippen molar-refractivity contribution >= 4 is 11.7 Å². The first-order valence-corrected chi connectivity index (χ1v) is 10.5. The third kappa shape index (κ3) is 2.91. The number of rotatable bonds is 2. The lowest BCUT2D eigenvalue weighted by Crippen LogP contribution is -2.48. The fraction of sp³-hybridized carbons (Fsp3) is 0.545. The molecule has 2 aromatic rings. The van der Waals surface area contributed by atoms with E-state index in [4.69, 9.17) is 0 Å². The quantitative estimate of drug-likeness (QED) is 0.806. The Balaban J connectivity index is 1.34. The zero-order valence-electron chi connectivity index (χ0n) is 16.7. The molecule has 2 amide bonds. The van der Waals surface area contributed by atoms with Crippen LogP contribution in [0.2, 0.25) is 0 Å². The first-order chi connectivity index (χ1) is 13.7. The van der Waals surface area contributed by atoms with Crippen LogP contribution in [0.25, 0.3) is 0 Å². The van der Waals surface area contributed by atoms with Gasteiger partial charge in [0.05, 0.1) is 6.54 Å². The van der Waals surface area contributed by atoms with E-state index in [1.165, 1.54) is 5.56 Å². The van der Waals surface area contributed by atoms with Crippen molar-refractivity contribution < 1.29 is 4.79 Å². The van der Waals surface area contributed by atoms with Gasteiger partial charge in [-0.15, -0.1) is 0 Å². The van der Waals surface area contributed by atoms with E-state index in [2.05, 4.69) is 50.7 Å². The Morgan fingerprint density at radius 2 is 1.86 bits per heavy atom. The summed E-state index contributed by atoms with van der Waals surface area (Å²) in [5, 5.41) is 0. The summed E-state index contributed by atoms with van der Waals surface area (Å²) in [5.74, 6) is 1.12. The lowest BCUT2D eigenvalue weighted by atomic mass is 9.74. The van der Waals surface area contributed by atoms with Gasteiger partial charge in [0.25, 0.3) is 0 Å². The molecular weight excluding hydrogens is 350 g/mol. The first kappa shape index (κ1) is 17.7. The zero-order chi connectivity index (χ0) is 19.1. The number of carbonyl (C=O) groups is 1. The van der Waals surface area contributed by atoms with E-state index in [0.29, 0.717) is 0 Å². The Bertz CT molecular complexity index is 861. The van der Waals surface area contributed by atoms with Crippen LogP contribution in [-0.2, 0) is 19.0 Å². The van der Waals surface area contributed by atoms with E-state index in [1.807, 2.05) is 17.3 Å². The van der Waals surface area contributed by atoms with Crippen LogP contribution in [0.5, 0.6) is 0 Å². The SMILES string of the molecule is Cn1ccnc1CN1CCC2(CC1)CN(C(=O)N1CCCC1)c1ccccc12. The Morgan fingerprint density at radius 1 is 1.11 bits per heavy atom. The van der Waals surface area contributed by atoms with Crippen molar-refractivity contribution in [2.45, 2.75) is 37.6 Å². The molecule has 0 saturated carbocycles. The van der Waals surface area contributed by atoms with Gasteiger partial charge in [-0.05, 0) is 50.4 Å². The normalized spacial score (nSPS) is 21.5. The Morgan fingerprint density at radius 3 is 2.57 bits per heavy atom. The molecule has 0 aliphatic carbocycles. The summed E-state index contributed by atoms with van der Waals surface area (Å²) < 4.78 is 2.10. The number of amides is 2. The first-order valence-electron chi connectivity index (χ1n) is 10.5. The number of para-hydroxylation sites is 1. The average Bonchev–Trinajstić information content (AvgIpc) is 3.45. The minimum atomic E-state index is 0.101. The summed E-state index contributed by atoms with van der Waals surface area (Å²) in [6, 6.07) is 8.79. The van der Waals surface area contributed by atoms with Crippen LogP contribution in [0.3, 0.4) is 0 Å². The molecule has 2 fully saturated rings. The van der Waals surface area contributed by atoms with E-state index >= 15 is 0 Å². The predicted octanol–water partition coefficient (Wildman–Crippen LogP) is 2.99. The molecular formula is C22H29N5O. The number of piperidine rings is 1. The number of urea groups is 1. The van der Waals surface area contributed by atoms with Crippen LogP contribution in [0.4, 0.5) is 10.5 Å². The van der Waals surface area contributed by atoms with E-state index in [9.17, 15) is 4.79 Å². The minimum absolute atomic E-state index is 0.101. The van der Waals surface area contributed by atoms with Gasteiger partial charge in [-0.3, -0.25) is 9.80 Å². The van der Waals surface area contributed by atoms with E-state index in [-0.39, 0.29) is 11.4 Å². The summed E-state index contributed by atoms with van der Waals surface area (Å²) in [5.41, 5.74) is 2.61.